The fourth-order valence-corrected chi connectivity index (χ4v) is 1.41. The molecule has 0 aliphatic rings. The van der Waals surface area contributed by atoms with Crippen molar-refractivity contribution in [3.63, 3.8) is 0 Å². The normalized spacial score (nSPS) is 14.9. The molecule has 0 aliphatic heterocycles. The van der Waals surface area contributed by atoms with E-state index in [2.05, 4.69) is 6.92 Å². The van der Waals surface area contributed by atoms with Crippen LogP contribution < -0.4 is 0 Å². The quantitative estimate of drug-likeness (QED) is 0.643. The van der Waals surface area contributed by atoms with Gasteiger partial charge in [0.1, 0.15) is 0 Å². The van der Waals surface area contributed by atoms with Crippen LogP contribution in [0.15, 0.2) is 0 Å². The molecule has 0 amide bonds. The minimum absolute atomic E-state index is 0.0500. The first-order valence-electron chi connectivity index (χ1n) is 5.45. The van der Waals surface area contributed by atoms with Gasteiger partial charge in [-0.2, -0.15) is 0 Å². The van der Waals surface area contributed by atoms with Gasteiger partial charge in [-0.25, -0.2) is 0 Å². The van der Waals surface area contributed by atoms with Crippen molar-refractivity contribution in [2.75, 3.05) is 6.61 Å². The van der Waals surface area contributed by atoms with Crippen LogP contribution in [0, 0.1) is 5.92 Å². The smallest absolute Gasteiger partial charge is 0.306 e. The molecular weight excluding hydrogens is 180 g/mol. The van der Waals surface area contributed by atoms with Crippen LogP contribution in [0.3, 0.4) is 0 Å². The molecule has 1 N–H and O–H groups in total. The molecule has 84 valence electrons. The summed E-state index contributed by atoms with van der Waals surface area (Å²) in [6.07, 6.45) is 2.95. The van der Waals surface area contributed by atoms with Crippen molar-refractivity contribution in [1.82, 2.24) is 0 Å². The van der Waals surface area contributed by atoms with Crippen molar-refractivity contribution in [3.05, 3.63) is 0 Å². The van der Waals surface area contributed by atoms with Crippen LogP contribution >= 0.6 is 0 Å². The van der Waals surface area contributed by atoms with E-state index >= 15 is 0 Å². The highest BCUT2D eigenvalue weighted by atomic mass is 16.5. The lowest BCUT2D eigenvalue weighted by molar-refractivity contribution is -0.145. The highest BCUT2D eigenvalue weighted by molar-refractivity contribution is 5.69. The van der Waals surface area contributed by atoms with Crippen molar-refractivity contribution in [3.8, 4) is 0 Å². The van der Waals surface area contributed by atoms with E-state index in [1.54, 1.807) is 13.8 Å². The number of hydrogen-bond donors (Lipinski definition) is 1. The molecule has 0 radical (unpaired) electrons. The first-order valence-corrected chi connectivity index (χ1v) is 5.45. The molecule has 2 atom stereocenters. The fraction of sp³-hybridized carbons (Fsp3) is 0.909. The van der Waals surface area contributed by atoms with Gasteiger partial charge in [0.2, 0.25) is 0 Å². The molecule has 0 fully saturated rings. The molecule has 0 aromatic carbocycles. The third kappa shape index (κ3) is 5.97. The lowest BCUT2D eigenvalue weighted by atomic mass is 9.94. The number of unbranched alkanes of at least 4 members (excludes halogenated alkanes) is 1. The summed E-state index contributed by atoms with van der Waals surface area (Å²) in [5.74, 6) is -0.150. The highest BCUT2D eigenvalue weighted by Gasteiger charge is 2.18. The number of aliphatic hydroxyl groups excluding tert-OH is 1. The third-order valence-electron chi connectivity index (χ3n) is 2.34. The largest absolute Gasteiger partial charge is 0.466 e. The lowest BCUT2D eigenvalue weighted by Gasteiger charge is -2.18. The average Bonchev–Trinajstić information content (AvgIpc) is 2.12. The Labute approximate surface area is 86.5 Å². The van der Waals surface area contributed by atoms with Gasteiger partial charge in [-0.3, -0.25) is 4.79 Å². The molecular formula is C11H22O3. The molecule has 0 aliphatic carbocycles. The summed E-state index contributed by atoms with van der Waals surface area (Å²) >= 11 is 0. The van der Waals surface area contributed by atoms with Crippen molar-refractivity contribution in [2.24, 2.45) is 5.92 Å². The van der Waals surface area contributed by atoms with Gasteiger partial charge in [-0.05, 0) is 26.2 Å². The first-order chi connectivity index (χ1) is 6.61. The predicted molar refractivity (Wildman–Crippen MR) is 55.9 cm³/mol. The van der Waals surface area contributed by atoms with E-state index in [0.717, 1.165) is 19.3 Å². The SMILES string of the molecule is CCCCC(CC(=O)OCC)C(C)O. The maximum absolute atomic E-state index is 11.2. The van der Waals surface area contributed by atoms with Crippen molar-refractivity contribution in [2.45, 2.75) is 52.6 Å². The summed E-state index contributed by atoms with van der Waals surface area (Å²) in [5, 5.41) is 9.45. The zero-order chi connectivity index (χ0) is 11.0. The summed E-state index contributed by atoms with van der Waals surface area (Å²) in [5.41, 5.74) is 0. The Hall–Kier alpha value is -0.570. The van der Waals surface area contributed by atoms with E-state index in [4.69, 9.17) is 4.74 Å². The number of aliphatic hydroxyl groups is 1. The Kier molecular flexibility index (Phi) is 7.48. The van der Waals surface area contributed by atoms with Gasteiger partial charge < -0.3 is 9.84 Å². The van der Waals surface area contributed by atoms with E-state index in [-0.39, 0.29) is 11.9 Å². The fourth-order valence-electron chi connectivity index (χ4n) is 1.41. The Morgan fingerprint density at radius 3 is 2.50 bits per heavy atom. The summed E-state index contributed by atoms with van der Waals surface area (Å²) < 4.78 is 4.85. The van der Waals surface area contributed by atoms with Crippen molar-refractivity contribution >= 4 is 5.97 Å². The van der Waals surface area contributed by atoms with Crippen LogP contribution in [0.5, 0.6) is 0 Å². The lowest BCUT2D eigenvalue weighted by Crippen LogP contribution is -2.21. The number of esters is 1. The van der Waals surface area contributed by atoms with Crippen molar-refractivity contribution in [1.29, 1.82) is 0 Å². The van der Waals surface area contributed by atoms with Gasteiger partial charge in [0, 0.05) is 0 Å². The molecule has 0 saturated heterocycles. The number of rotatable bonds is 7. The van der Waals surface area contributed by atoms with E-state index < -0.39 is 6.10 Å². The van der Waals surface area contributed by atoms with Crippen LogP contribution in [0.4, 0.5) is 0 Å². The van der Waals surface area contributed by atoms with Gasteiger partial charge in [-0.1, -0.05) is 19.8 Å². The summed E-state index contributed by atoms with van der Waals surface area (Å²) in [6, 6.07) is 0. The summed E-state index contributed by atoms with van der Waals surface area (Å²) in [4.78, 5) is 11.2. The maximum atomic E-state index is 11.2. The van der Waals surface area contributed by atoms with E-state index in [9.17, 15) is 9.90 Å². The molecule has 2 unspecified atom stereocenters. The zero-order valence-electron chi connectivity index (χ0n) is 9.45. The summed E-state index contributed by atoms with van der Waals surface area (Å²) in [6.45, 7) is 6.05. The summed E-state index contributed by atoms with van der Waals surface area (Å²) in [7, 11) is 0. The molecule has 0 rings (SSSR count). The minimum atomic E-state index is -0.425. The highest BCUT2D eigenvalue weighted by Crippen LogP contribution is 2.17. The van der Waals surface area contributed by atoms with Crippen LogP contribution in [-0.2, 0) is 9.53 Å². The maximum Gasteiger partial charge on any atom is 0.306 e. The van der Waals surface area contributed by atoms with Gasteiger partial charge in [0.05, 0.1) is 19.1 Å². The molecule has 0 saturated carbocycles. The number of hydrogen-bond acceptors (Lipinski definition) is 3. The van der Waals surface area contributed by atoms with E-state index in [0.29, 0.717) is 13.0 Å². The minimum Gasteiger partial charge on any atom is -0.466 e. The molecule has 0 bridgehead atoms. The number of carbonyl (C=O) groups is 1. The van der Waals surface area contributed by atoms with Gasteiger partial charge in [0.25, 0.3) is 0 Å². The monoisotopic (exact) mass is 202 g/mol. The van der Waals surface area contributed by atoms with Crippen LogP contribution in [0.25, 0.3) is 0 Å². The van der Waals surface area contributed by atoms with Gasteiger partial charge in [-0.15, -0.1) is 0 Å². The van der Waals surface area contributed by atoms with Crippen LogP contribution in [-0.4, -0.2) is 23.8 Å². The Bertz CT molecular complexity index is 155. The Balaban J connectivity index is 3.89. The topological polar surface area (TPSA) is 46.5 Å². The second-order valence-corrected chi connectivity index (χ2v) is 3.65. The number of carbonyl (C=O) groups excluding carboxylic acids is 1. The van der Waals surface area contributed by atoms with Gasteiger partial charge in [0.15, 0.2) is 0 Å². The zero-order valence-corrected chi connectivity index (χ0v) is 9.45. The average molecular weight is 202 g/mol. The van der Waals surface area contributed by atoms with Crippen molar-refractivity contribution < 1.29 is 14.6 Å². The van der Waals surface area contributed by atoms with E-state index in [1.807, 2.05) is 0 Å². The predicted octanol–water partition coefficient (Wildman–Crippen LogP) is 2.13. The standard InChI is InChI=1S/C11H22O3/c1-4-6-7-10(9(3)12)8-11(13)14-5-2/h9-10,12H,4-8H2,1-3H3. The molecule has 0 aromatic rings. The van der Waals surface area contributed by atoms with Crippen LogP contribution in [0.1, 0.15) is 46.5 Å². The molecule has 14 heavy (non-hydrogen) atoms. The second-order valence-electron chi connectivity index (χ2n) is 3.65. The first kappa shape index (κ1) is 13.4. The molecule has 3 nitrogen and oxygen atoms in total. The Morgan fingerprint density at radius 1 is 1.43 bits per heavy atom. The third-order valence-corrected chi connectivity index (χ3v) is 2.34. The molecule has 0 heterocycles. The molecule has 0 aromatic heterocycles. The van der Waals surface area contributed by atoms with Crippen LogP contribution in [0.2, 0.25) is 0 Å². The van der Waals surface area contributed by atoms with Gasteiger partial charge >= 0.3 is 5.97 Å². The Morgan fingerprint density at radius 2 is 2.07 bits per heavy atom. The number of ether oxygens (including phenoxy) is 1. The van der Waals surface area contributed by atoms with E-state index in [1.165, 1.54) is 0 Å². The second kappa shape index (κ2) is 7.80. The molecule has 3 heteroatoms. The molecule has 0 spiro atoms.